The first-order valence-corrected chi connectivity index (χ1v) is 8.26. The molecule has 0 unspecified atom stereocenters. The Labute approximate surface area is 149 Å². The predicted octanol–water partition coefficient (Wildman–Crippen LogP) is 4.44. The lowest BCUT2D eigenvalue weighted by atomic mass is 10.1. The number of allylic oxidation sites excluding steroid dienone is 1. The van der Waals surface area contributed by atoms with Crippen LogP contribution in [0.2, 0.25) is 0 Å². The lowest BCUT2D eigenvalue weighted by Gasteiger charge is -2.28. The van der Waals surface area contributed by atoms with Crippen molar-refractivity contribution in [1.82, 2.24) is 0 Å². The van der Waals surface area contributed by atoms with Crippen molar-refractivity contribution in [1.29, 1.82) is 0 Å². The average molecular weight is 361 g/mol. The van der Waals surface area contributed by atoms with Crippen molar-refractivity contribution in [3.05, 3.63) is 71.3 Å². The zero-order valence-corrected chi connectivity index (χ0v) is 14.0. The summed E-state index contributed by atoms with van der Waals surface area (Å²) in [6.07, 6.45) is -1.48. The Morgan fingerprint density at radius 3 is 2.15 bits per heavy atom. The summed E-state index contributed by atoms with van der Waals surface area (Å²) in [6.45, 7) is 3.02. The molecule has 0 aromatic heterocycles. The number of carbonyl (C=O) groups excluding carboxylic acids is 1. The molecule has 0 bridgehead atoms. The number of rotatable bonds is 4. The van der Waals surface area contributed by atoms with Crippen LogP contribution in [0.3, 0.4) is 0 Å². The minimum absolute atomic E-state index is 0.196. The Morgan fingerprint density at radius 1 is 0.962 bits per heavy atom. The van der Waals surface area contributed by atoms with Gasteiger partial charge in [0.25, 0.3) is 0 Å². The smallest absolute Gasteiger partial charge is 0.378 e. The lowest BCUT2D eigenvalue weighted by molar-refractivity contribution is -0.137. The van der Waals surface area contributed by atoms with Gasteiger partial charge in [0.1, 0.15) is 0 Å². The third kappa shape index (κ3) is 4.52. The number of ketones is 1. The molecule has 1 saturated heterocycles. The van der Waals surface area contributed by atoms with E-state index in [-0.39, 0.29) is 5.78 Å². The first kappa shape index (κ1) is 18.2. The highest BCUT2D eigenvalue weighted by molar-refractivity contribution is 6.06. The van der Waals surface area contributed by atoms with E-state index >= 15 is 0 Å². The molecular weight excluding hydrogens is 343 g/mol. The molecule has 26 heavy (non-hydrogen) atoms. The van der Waals surface area contributed by atoms with E-state index in [4.69, 9.17) is 4.74 Å². The van der Waals surface area contributed by atoms with Crippen LogP contribution in [0.5, 0.6) is 0 Å². The van der Waals surface area contributed by atoms with Gasteiger partial charge in [-0.25, -0.2) is 0 Å². The van der Waals surface area contributed by atoms with Gasteiger partial charge in [-0.1, -0.05) is 18.2 Å². The van der Waals surface area contributed by atoms with Gasteiger partial charge < -0.3 is 9.64 Å². The first-order valence-electron chi connectivity index (χ1n) is 8.26. The SMILES string of the molecule is O=C(C=Cc1ccc(C(F)(F)F)cc1)c1ccc(N2CCOCC2)cc1. The van der Waals surface area contributed by atoms with Crippen molar-refractivity contribution >= 4 is 17.5 Å². The summed E-state index contributed by atoms with van der Waals surface area (Å²) in [6, 6.07) is 12.0. The zero-order chi connectivity index (χ0) is 18.6. The Morgan fingerprint density at radius 2 is 1.58 bits per heavy atom. The molecule has 3 rings (SSSR count). The number of nitrogens with zero attached hydrogens (tertiary/aromatic N) is 1. The topological polar surface area (TPSA) is 29.5 Å². The number of benzene rings is 2. The van der Waals surface area contributed by atoms with Gasteiger partial charge in [0.05, 0.1) is 18.8 Å². The minimum atomic E-state index is -4.36. The van der Waals surface area contributed by atoms with Crippen LogP contribution in [0.4, 0.5) is 18.9 Å². The molecule has 2 aromatic carbocycles. The summed E-state index contributed by atoms with van der Waals surface area (Å²) in [4.78, 5) is 14.4. The highest BCUT2D eigenvalue weighted by atomic mass is 19.4. The van der Waals surface area contributed by atoms with Gasteiger partial charge in [-0.3, -0.25) is 4.79 Å². The van der Waals surface area contributed by atoms with Gasteiger partial charge in [-0.2, -0.15) is 13.2 Å². The van der Waals surface area contributed by atoms with Crippen molar-refractivity contribution in [2.75, 3.05) is 31.2 Å². The molecule has 2 aromatic rings. The van der Waals surface area contributed by atoms with Crippen LogP contribution in [0, 0.1) is 0 Å². The van der Waals surface area contributed by atoms with E-state index in [1.54, 1.807) is 12.1 Å². The van der Waals surface area contributed by atoms with Gasteiger partial charge in [0, 0.05) is 24.3 Å². The second kappa shape index (κ2) is 7.74. The highest BCUT2D eigenvalue weighted by Gasteiger charge is 2.29. The van der Waals surface area contributed by atoms with Gasteiger partial charge in [0.15, 0.2) is 5.78 Å². The van der Waals surface area contributed by atoms with Crippen LogP contribution in [0.1, 0.15) is 21.5 Å². The maximum Gasteiger partial charge on any atom is 0.416 e. The molecule has 1 aliphatic heterocycles. The van der Waals surface area contributed by atoms with Gasteiger partial charge in [0.2, 0.25) is 0 Å². The van der Waals surface area contributed by atoms with Crippen LogP contribution in [-0.2, 0) is 10.9 Å². The zero-order valence-electron chi connectivity index (χ0n) is 14.0. The third-order valence-electron chi connectivity index (χ3n) is 4.19. The average Bonchev–Trinajstić information content (AvgIpc) is 2.66. The number of ether oxygens (including phenoxy) is 1. The van der Waals surface area contributed by atoms with E-state index in [2.05, 4.69) is 4.90 Å². The van der Waals surface area contributed by atoms with Gasteiger partial charge in [-0.15, -0.1) is 0 Å². The molecular formula is C20H18F3NO2. The summed E-state index contributed by atoms with van der Waals surface area (Å²) in [5.41, 5.74) is 1.40. The summed E-state index contributed by atoms with van der Waals surface area (Å²) < 4.78 is 42.9. The molecule has 3 nitrogen and oxygen atoms in total. The number of alkyl halides is 3. The number of carbonyl (C=O) groups is 1. The van der Waals surface area contributed by atoms with Crippen molar-refractivity contribution in [2.24, 2.45) is 0 Å². The molecule has 136 valence electrons. The second-order valence-corrected chi connectivity index (χ2v) is 5.96. The van der Waals surface area contributed by atoms with E-state index in [1.807, 2.05) is 12.1 Å². The molecule has 0 amide bonds. The number of halogens is 3. The summed E-state index contributed by atoms with van der Waals surface area (Å²) in [5, 5.41) is 0. The van der Waals surface area contributed by atoms with E-state index in [1.165, 1.54) is 24.3 Å². The standard InChI is InChI=1S/C20H18F3NO2/c21-20(22,23)17-6-1-15(2-7-17)3-10-19(25)16-4-8-18(9-5-16)24-11-13-26-14-12-24/h1-10H,11-14H2. The van der Waals surface area contributed by atoms with Crippen LogP contribution >= 0.6 is 0 Å². The van der Waals surface area contributed by atoms with Crippen LogP contribution in [-0.4, -0.2) is 32.1 Å². The monoisotopic (exact) mass is 361 g/mol. The second-order valence-electron chi connectivity index (χ2n) is 5.96. The number of morpholine rings is 1. The highest BCUT2D eigenvalue weighted by Crippen LogP contribution is 2.29. The fraction of sp³-hybridized carbons (Fsp3) is 0.250. The lowest BCUT2D eigenvalue weighted by Crippen LogP contribution is -2.36. The summed E-state index contributed by atoms with van der Waals surface area (Å²) >= 11 is 0. The largest absolute Gasteiger partial charge is 0.416 e. The maximum atomic E-state index is 12.5. The van der Waals surface area contributed by atoms with E-state index in [0.717, 1.165) is 30.9 Å². The van der Waals surface area contributed by atoms with Crippen molar-refractivity contribution in [2.45, 2.75) is 6.18 Å². The summed E-state index contributed by atoms with van der Waals surface area (Å²) in [7, 11) is 0. The van der Waals surface area contributed by atoms with Gasteiger partial charge in [-0.05, 0) is 48.0 Å². The fourth-order valence-electron chi connectivity index (χ4n) is 2.71. The van der Waals surface area contributed by atoms with Crippen LogP contribution in [0.25, 0.3) is 6.08 Å². The van der Waals surface area contributed by atoms with Crippen LogP contribution in [0.15, 0.2) is 54.6 Å². The Bertz CT molecular complexity index is 774. The third-order valence-corrected chi connectivity index (χ3v) is 4.19. The van der Waals surface area contributed by atoms with Crippen molar-refractivity contribution in [3.63, 3.8) is 0 Å². The fourth-order valence-corrected chi connectivity index (χ4v) is 2.71. The van der Waals surface area contributed by atoms with E-state index < -0.39 is 11.7 Å². The van der Waals surface area contributed by atoms with Crippen LogP contribution < -0.4 is 4.90 Å². The quantitative estimate of drug-likeness (QED) is 0.596. The predicted molar refractivity (Wildman–Crippen MR) is 94.3 cm³/mol. The Kier molecular flexibility index (Phi) is 5.42. The molecule has 0 saturated carbocycles. The Hall–Kier alpha value is -2.60. The van der Waals surface area contributed by atoms with Crippen molar-refractivity contribution < 1.29 is 22.7 Å². The molecule has 1 heterocycles. The molecule has 0 radical (unpaired) electrons. The minimum Gasteiger partial charge on any atom is -0.378 e. The van der Waals surface area contributed by atoms with Crippen molar-refractivity contribution in [3.8, 4) is 0 Å². The number of hydrogen-bond acceptors (Lipinski definition) is 3. The molecule has 0 spiro atoms. The Balaban J connectivity index is 1.64. The van der Waals surface area contributed by atoms with E-state index in [0.29, 0.717) is 24.3 Å². The molecule has 0 aliphatic carbocycles. The number of anilines is 1. The number of hydrogen-bond donors (Lipinski definition) is 0. The van der Waals surface area contributed by atoms with E-state index in [9.17, 15) is 18.0 Å². The van der Waals surface area contributed by atoms with Gasteiger partial charge >= 0.3 is 6.18 Å². The molecule has 6 heteroatoms. The summed E-state index contributed by atoms with van der Waals surface area (Å²) in [5.74, 6) is -0.196. The normalized spacial score (nSPS) is 15.4. The first-order chi connectivity index (χ1) is 12.4. The molecule has 0 atom stereocenters. The molecule has 0 N–H and O–H groups in total. The molecule has 1 fully saturated rings. The maximum absolute atomic E-state index is 12.5. The molecule has 1 aliphatic rings.